The lowest BCUT2D eigenvalue weighted by Gasteiger charge is -2.32. The van der Waals surface area contributed by atoms with E-state index in [1.165, 1.54) is 17.3 Å². The van der Waals surface area contributed by atoms with Crippen molar-refractivity contribution in [3.8, 4) is 0 Å². The summed E-state index contributed by atoms with van der Waals surface area (Å²) in [5.41, 5.74) is 3.18. The Bertz CT molecular complexity index is 1070. The Balaban J connectivity index is 1.89. The molecule has 0 fully saturated rings. The van der Waals surface area contributed by atoms with E-state index >= 15 is 0 Å². The number of nitrogens with zero attached hydrogens (tertiary/aromatic N) is 1. The molecule has 3 aromatic carbocycles. The molecule has 178 valence electrons. The average molecular weight is 540 g/mol. The number of halogens is 1. The van der Waals surface area contributed by atoms with Gasteiger partial charge in [0, 0.05) is 28.4 Å². The number of thioether (sulfide) groups is 1. The SMILES string of the molecule is Cc1ccc(SCC(=O)N(Cc2ccc(Br)cc2)[C@H](Cc2ccccc2)C(=O)NC(C)C)cc1. The molecule has 0 radical (unpaired) electrons. The molecule has 0 saturated heterocycles. The van der Waals surface area contributed by atoms with Crippen LogP contribution < -0.4 is 5.32 Å². The van der Waals surface area contributed by atoms with Gasteiger partial charge in [0.05, 0.1) is 5.75 Å². The van der Waals surface area contributed by atoms with Gasteiger partial charge in [-0.3, -0.25) is 9.59 Å². The summed E-state index contributed by atoms with van der Waals surface area (Å²) in [6.45, 7) is 6.28. The fourth-order valence-corrected chi connectivity index (χ4v) is 4.63. The molecule has 0 heterocycles. The summed E-state index contributed by atoms with van der Waals surface area (Å²) in [7, 11) is 0. The molecule has 4 nitrogen and oxygen atoms in total. The van der Waals surface area contributed by atoms with Crippen LogP contribution in [0, 0.1) is 6.92 Å². The Morgan fingerprint density at radius 1 is 0.912 bits per heavy atom. The average Bonchev–Trinajstić information content (AvgIpc) is 2.82. The van der Waals surface area contributed by atoms with E-state index in [2.05, 4.69) is 21.2 Å². The topological polar surface area (TPSA) is 49.4 Å². The van der Waals surface area contributed by atoms with Crippen LogP contribution >= 0.6 is 27.7 Å². The highest BCUT2D eigenvalue weighted by Crippen LogP contribution is 2.22. The molecule has 0 spiro atoms. The normalized spacial score (nSPS) is 11.8. The van der Waals surface area contributed by atoms with Crippen LogP contribution in [0.3, 0.4) is 0 Å². The zero-order chi connectivity index (χ0) is 24.5. The zero-order valence-corrected chi connectivity index (χ0v) is 22.2. The van der Waals surface area contributed by atoms with Crippen molar-refractivity contribution >= 4 is 39.5 Å². The van der Waals surface area contributed by atoms with Gasteiger partial charge in [0.2, 0.25) is 11.8 Å². The third kappa shape index (κ3) is 8.03. The van der Waals surface area contributed by atoms with Crippen molar-refractivity contribution in [2.75, 3.05) is 5.75 Å². The van der Waals surface area contributed by atoms with Crippen LogP contribution in [-0.4, -0.2) is 34.6 Å². The van der Waals surface area contributed by atoms with E-state index in [1.54, 1.807) is 4.90 Å². The monoisotopic (exact) mass is 538 g/mol. The molecule has 3 rings (SSSR count). The molecule has 1 atom stereocenters. The minimum atomic E-state index is -0.612. The van der Waals surface area contributed by atoms with Crippen molar-refractivity contribution in [1.29, 1.82) is 0 Å². The fourth-order valence-electron chi connectivity index (χ4n) is 3.58. The molecule has 0 aliphatic heterocycles. The molecular weight excluding hydrogens is 508 g/mol. The number of carbonyl (C=O) groups is 2. The van der Waals surface area contributed by atoms with Crippen LogP contribution in [0.1, 0.15) is 30.5 Å². The van der Waals surface area contributed by atoms with Crippen molar-refractivity contribution in [2.24, 2.45) is 0 Å². The van der Waals surface area contributed by atoms with E-state index in [0.29, 0.717) is 13.0 Å². The predicted molar refractivity (Wildman–Crippen MR) is 144 cm³/mol. The number of hydrogen-bond donors (Lipinski definition) is 1. The Morgan fingerprint density at radius 3 is 2.18 bits per heavy atom. The molecule has 0 unspecified atom stereocenters. The number of nitrogens with one attached hydrogen (secondary N) is 1. The van der Waals surface area contributed by atoms with Crippen molar-refractivity contribution in [3.05, 3.63) is 100 Å². The maximum Gasteiger partial charge on any atom is 0.243 e. The minimum absolute atomic E-state index is 0.0164. The lowest BCUT2D eigenvalue weighted by molar-refractivity contribution is -0.139. The molecule has 3 aromatic rings. The highest BCUT2D eigenvalue weighted by Gasteiger charge is 2.30. The summed E-state index contributed by atoms with van der Waals surface area (Å²) >= 11 is 4.97. The van der Waals surface area contributed by atoms with Crippen LogP contribution in [0.2, 0.25) is 0 Å². The van der Waals surface area contributed by atoms with E-state index in [0.717, 1.165) is 20.5 Å². The predicted octanol–water partition coefficient (Wildman–Crippen LogP) is 6.01. The molecule has 0 aliphatic rings. The summed E-state index contributed by atoms with van der Waals surface area (Å²) in [5.74, 6) is 0.0674. The Morgan fingerprint density at radius 2 is 1.56 bits per heavy atom. The van der Waals surface area contributed by atoms with Gasteiger partial charge in [-0.15, -0.1) is 11.8 Å². The van der Waals surface area contributed by atoms with E-state index in [4.69, 9.17) is 0 Å². The summed E-state index contributed by atoms with van der Waals surface area (Å²) in [6.07, 6.45) is 0.455. The van der Waals surface area contributed by atoms with Crippen LogP contribution in [0.15, 0.2) is 88.2 Å². The Labute approximate surface area is 215 Å². The summed E-state index contributed by atoms with van der Waals surface area (Å²) in [6, 6.07) is 25.3. The first kappa shape index (κ1) is 26.0. The minimum Gasteiger partial charge on any atom is -0.352 e. The third-order valence-electron chi connectivity index (χ3n) is 5.35. The van der Waals surface area contributed by atoms with Gasteiger partial charge >= 0.3 is 0 Å². The molecule has 34 heavy (non-hydrogen) atoms. The maximum atomic E-state index is 13.6. The molecule has 0 saturated carbocycles. The summed E-state index contributed by atoms with van der Waals surface area (Å²) < 4.78 is 0.974. The number of benzene rings is 3. The second-order valence-electron chi connectivity index (χ2n) is 8.62. The van der Waals surface area contributed by atoms with Gasteiger partial charge in [0.15, 0.2) is 0 Å². The molecule has 1 N–H and O–H groups in total. The van der Waals surface area contributed by atoms with E-state index in [9.17, 15) is 9.59 Å². The third-order valence-corrected chi connectivity index (χ3v) is 6.88. The van der Waals surface area contributed by atoms with Crippen LogP contribution in [0.5, 0.6) is 0 Å². The van der Waals surface area contributed by atoms with Crippen molar-refractivity contribution in [3.63, 3.8) is 0 Å². The molecule has 6 heteroatoms. The van der Waals surface area contributed by atoms with Gasteiger partial charge in [-0.1, -0.05) is 76.1 Å². The van der Waals surface area contributed by atoms with Gasteiger partial charge in [0.25, 0.3) is 0 Å². The summed E-state index contributed by atoms with van der Waals surface area (Å²) in [5, 5.41) is 3.03. The molecule has 0 aliphatic carbocycles. The van der Waals surface area contributed by atoms with Gasteiger partial charge in [-0.05, 0) is 56.2 Å². The van der Waals surface area contributed by atoms with Crippen LogP contribution in [0.25, 0.3) is 0 Å². The van der Waals surface area contributed by atoms with E-state index < -0.39 is 6.04 Å². The number of amides is 2. The Hall–Kier alpha value is -2.57. The second kappa shape index (κ2) is 12.8. The number of hydrogen-bond acceptors (Lipinski definition) is 3. The van der Waals surface area contributed by atoms with E-state index in [1.807, 2.05) is 99.6 Å². The highest BCUT2D eigenvalue weighted by molar-refractivity contribution is 9.10. The lowest BCUT2D eigenvalue weighted by atomic mass is 10.0. The standard InChI is InChI=1S/C28H31BrN2O2S/c1-20(2)30-28(33)26(17-22-7-5-4-6-8-22)31(18-23-11-13-24(29)14-12-23)27(32)19-34-25-15-9-21(3)10-16-25/h4-16,20,26H,17-19H2,1-3H3,(H,30,33)/t26-/m1/s1. The highest BCUT2D eigenvalue weighted by atomic mass is 79.9. The first-order chi connectivity index (χ1) is 16.3. The van der Waals surface area contributed by atoms with Crippen molar-refractivity contribution in [2.45, 2.75) is 50.7 Å². The van der Waals surface area contributed by atoms with Gasteiger partial charge in [-0.25, -0.2) is 0 Å². The molecular formula is C28H31BrN2O2S. The number of aryl methyl sites for hydroxylation is 1. The van der Waals surface area contributed by atoms with Crippen LogP contribution in [0.4, 0.5) is 0 Å². The van der Waals surface area contributed by atoms with Gasteiger partial charge in [-0.2, -0.15) is 0 Å². The number of carbonyl (C=O) groups excluding carboxylic acids is 2. The molecule has 2 amide bonds. The smallest absolute Gasteiger partial charge is 0.243 e. The molecule has 0 bridgehead atoms. The largest absolute Gasteiger partial charge is 0.352 e. The first-order valence-corrected chi connectivity index (χ1v) is 13.2. The van der Waals surface area contributed by atoms with Crippen LogP contribution in [-0.2, 0) is 22.6 Å². The van der Waals surface area contributed by atoms with Gasteiger partial charge in [0.1, 0.15) is 6.04 Å². The lowest BCUT2D eigenvalue weighted by Crippen LogP contribution is -2.52. The first-order valence-electron chi connectivity index (χ1n) is 11.4. The van der Waals surface area contributed by atoms with Gasteiger partial charge < -0.3 is 10.2 Å². The number of rotatable bonds is 10. The van der Waals surface area contributed by atoms with E-state index in [-0.39, 0.29) is 23.6 Å². The maximum absolute atomic E-state index is 13.6. The van der Waals surface area contributed by atoms with Crippen molar-refractivity contribution in [1.82, 2.24) is 10.2 Å². The quantitative estimate of drug-likeness (QED) is 0.321. The van der Waals surface area contributed by atoms with Crippen molar-refractivity contribution < 1.29 is 9.59 Å². The second-order valence-corrected chi connectivity index (χ2v) is 10.6. The summed E-state index contributed by atoms with van der Waals surface area (Å²) in [4.78, 5) is 29.7. The Kier molecular flexibility index (Phi) is 9.78. The fraction of sp³-hybridized carbons (Fsp3) is 0.286. The zero-order valence-electron chi connectivity index (χ0n) is 19.8. The molecule has 0 aromatic heterocycles.